The molecule has 1 heterocycles. The molecule has 1 rings (SSSR count). The van der Waals surface area contributed by atoms with Gasteiger partial charge in [-0.1, -0.05) is 20.3 Å². The highest BCUT2D eigenvalue weighted by molar-refractivity contribution is 5.93. The van der Waals surface area contributed by atoms with Crippen LogP contribution in [0.15, 0.2) is 0 Å². The quantitative estimate of drug-likeness (QED) is 0.391. The average molecular weight is 355 g/mol. The zero-order valence-corrected chi connectivity index (χ0v) is 15.6. The molecule has 3 amide bonds. The summed E-state index contributed by atoms with van der Waals surface area (Å²) in [6.45, 7) is 6.67. The van der Waals surface area contributed by atoms with Gasteiger partial charge in [-0.15, -0.1) is 0 Å². The number of unbranched alkanes of at least 4 members (excludes halogenated alkanes) is 1. The Balaban J connectivity index is 2.76. The molecular weight excluding hydrogens is 322 g/mol. The Kier molecular flexibility index (Phi) is 8.85. The summed E-state index contributed by atoms with van der Waals surface area (Å²) in [6, 6.07) is -1.45. The molecule has 0 unspecified atom stereocenters. The van der Waals surface area contributed by atoms with Gasteiger partial charge >= 0.3 is 0 Å². The largest absolute Gasteiger partial charge is 0.368 e. The second kappa shape index (κ2) is 10.4. The second-order valence-electron chi connectivity index (χ2n) is 6.98. The third-order valence-electron chi connectivity index (χ3n) is 4.40. The number of nitrogens with two attached hydrogens (primary N) is 2. The molecule has 0 aromatic heterocycles. The van der Waals surface area contributed by atoms with E-state index in [0.717, 1.165) is 19.3 Å². The molecular formula is C17H33N5O3. The van der Waals surface area contributed by atoms with Gasteiger partial charge < -0.3 is 27.0 Å². The minimum Gasteiger partial charge on any atom is -0.368 e. The molecule has 0 aliphatic carbocycles. The van der Waals surface area contributed by atoms with Gasteiger partial charge in [-0.05, 0) is 39.2 Å². The Morgan fingerprint density at radius 3 is 2.44 bits per heavy atom. The van der Waals surface area contributed by atoms with E-state index in [-0.39, 0.29) is 23.9 Å². The summed E-state index contributed by atoms with van der Waals surface area (Å²) in [5.41, 5.74) is 10.7. The molecule has 8 heteroatoms. The molecule has 0 bridgehead atoms. The smallest absolute Gasteiger partial charge is 0.243 e. The molecule has 1 aliphatic heterocycles. The molecule has 144 valence electrons. The summed E-state index contributed by atoms with van der Waals surface area (Å²) in [4.78, 5) is 38.2. The van der Waals surface area contributed by atoms with Crippen molar-refractivity contribution in [3.63, 3.8) is 0 Å². The highest BCUT2D eigenvalue weighted by Crippen LogP contribution is 2.20. The number of nitrogens with zero attached hydrogens (tertiary/aromatic N) is 1. The van der Waals surface area contributed by atoms with Gasteiger partial charge in [-0.3, -0.25) is 14.4 Å². The fraction of sp³-hybridized carbons (Fsp3) is 0.824. The van der Waals surface area contributed by atoms with Crippen molar-refractivity contribution in [3.05, 3.63) is 0 Å². The van der Waals surface area contributed by atoms with Gasteiger partial charge in [0.2, 0.25) is 17.7 Å². The van der Waals surface area contributed by atoms with Gasteiger partial charge in [0.15, 0.2) is 0 Å². The van der Waals surface area contributed by atoms with E-state index >= 15 is 0 Å². The first-order valence-electron chi connectivity index (χ1n) is 9.14. The minimum absolute atomic E-state index is 0.0601. The van der Waals surface area contributed by atoms with Crippen molar-refractivity contribution in [1.82, 2.24) is 15.5 Å². The zero-order chi connectivity index (χ0) is 19.0. The van der Waals surface area contributed by atoms with Gasteiger partial charge in [0, 0.05) is 12.6 Å². The predicted octanol–water partition coefficient (Wildman–Crippen LogP) is -0.537. The number of primary amides is 1. The summed E-state index contributed by atoms with van der Waals surface area (Å²) in [5.74, 6) is -0.970. The normalized spacial score (nSPS) is 19.7. The maximum atomic E-state index is 13.0. The first kappa shape index (κ1) is 21.4. The van der Waals surface area contributed by atoms with E-state index in [2.05, 4.69) is 10.6 Å². The van der Waals surface area contributed by atoms with E-state index in [1.54, 1.807) is 4.90 Å². The van der Waals surface area contributed by atoms with Crippen LogP contribution in [0.1, 0.15) is 52.9 Å². The summed E-state index contributed by atoms with van der Waals surface area (Å²) < 4.78 is 0. The van der Waals surface area contributed by atoms with Crippen LogP contribution in [0.5, 0.6) is 0 Å². The van der Waals surface area contributed by atoms with E-state index in [0.29, 0.717) is 25.9 Å². The van der Waals surface area contributed by atoms with E-state index in [4.69, 9.17) is 11.5 Å². The molecule has 0 radical (unpaired) electrons. The number of carbonyl (C=O) groups excluding carboxylic acids is 3. The van der Waals surface area contributed by atoms with Crippen molar-refractivity contribution in [2.75, 3.05) is 13.1 Å². The number of hydrogen-bond donors (Lipinski definition) is 4. The van der Waals surface area contributed by atoms with Crippen LogP contribution in [0.4, 0.5) is 0 Å². The Bertz CT molecular complexity index is 469. The molecule has 0 saturated carbocycles. The first-order chi connectivity index (χ1) is 11.8. The van der Waals surface area contributed by atoms with Crippen molar-refractivity contribution in [2.24, 2.45) is 11.5 Å². The Morgan fingerprint density at radius 1 is 1.20 bits per heavy atom. The SMILES string of the molecule is CC(C)N[C@@H](CCCCN)C(=O)N1CCC[C@H]1C(=O)N[C@H](C)C(N)=O. The lowest BCUT2D eigenvalue weighted by Crippen LogP contribution is -2.55. The third kappa shape index (κ3) is 6.62. The topological polar surface area (TPSA) is 131 Å². The molecule has 6 N–H and O–H groups in total. The number of hydrogen-bond acceptors (Lipinski definition) is 5. The van der Waals surface area contributed by atoms with Crippen LogP contribution in [0, 0.1) is 0 Å². The summed E-state index contributed by atoms with van der Waals surface area (Å²) >= 11 is 0. The molecule has 0 aromatic rings. The molecule has 1 aliphatic rings. The van der Waals surface area contributed by atoms with Crippen LogP contribution in [0.25, 0.3) is 0 Å². The maximum absolute atomic E-state index is 13.0. The lowest BCUT2D eigenvalue weighted by Gasteiger charge is -2.30. The van der Waals surface area contributed by atoms with Crippen LogP contribution in [-0.2, 0) is 14.4 Å². The van der Waals surface area contributed by atoms with Crippen molar-refractivity contribution in [1.29, 1.82) is 0 Å². The number of carbonyl (C=O) groups is 3. The molecule has 1 fully saturated rings. The third-order valence-corrected chi connectivity index (χ3v) is 4.40. The summed E-state index contributed by atoms with van der Waals surface area (Å²) in [7, 11) is 0. The number of nitrogens with one attached hydrogen (secondary N) is 2. The lowest BCUT2D eigenvalue weighted by molar-refractivity contribution is -0.141. The maximum Gasteiger partial charge on any atom is 0.243 e. The average Bonchev–Trinajstić information content (AvgIpc) is 3.02. The molecule has 0 spiro atoms. The first-order valence-corrected chi connectivity index (χ1v) is 9.14. The summed E-state index contributed by atoms with van der Waals surface area (Å²) in [5, 5.41) is 5.89. The fourth-order valence-corrected chi connectivity index (χ4v) is 3.06. The van der Waals surface area contributed by atoms with Crippen LogP contribution < -0.4 is 22.1 Å². The monoisotopic (exact) mass is 355 g/mol. The Labute approximate surface area is 150 Å². The molecule has 0 aromatic carbocycles. The Hall–Kier alpha value is -1.67. The van der Waals surface area contributed by atoms with Crippen molar-refractivity contribution < 1.29 is 14.4 Å². The van der Waals surface area contributed by atoms with E-state index < -0.39 is 18.0 Å². The highest BCUT2D eigenvalue weighted by Gasteiger charge is 2.37. The predicted molar refractivity (Wildman–Crippen MR) is 96.5 cm³/mol. The van der Waals surface area contributed by atoms with Crippen molar-refractivity contribution in [2.45, 2.75) is 77.0 Å². The van der Waals surface area contributed by atoms with Gasteiger partial charge in [0.05, 0.1) is 6.04 Å². The van der Waals surface area contributed by atoms with Crippen LogP contribution >= 0.6 is 0 Å². The number of amides is 3. The minimum atomic E-state index is -0.751. The van der Waals surface area contributed by atoms with Crippen LogP contribution in [0.2, 0.25) is 0 Å². The lowest BCUT2D eigenvalue weighted by atomic mass is 10.1. The molecule has 25 heavy (non-hydrogen) atoms. The molecule has 3 atom stereocenters. The van der Waals surface area contributed by atoms with Crippen LogP contribution in [0.3, 0.4) is 0 Å². The highest BCUT2D eigenvalue weighted by atomic mass is 16.2. The van der Waals surface area contributed by atoms with E-state index in [1.807, 2.05) is 13.8 Å². The van der Waals surface area contributed by atoms with Gasteiger partial charge in [0.25, 0.3) is 0 Å². The molecule has 1 saturated heterocycles. The van der Waals surface area contributed by atoms with Gasteiger partial charge in [-0.25, -0.2) is 0 Å². The van der Waals surface area contributed by atoms with E-state index in [9.17, 15) is 14.4 Å². The van der Waals surface area contributed by atoms with E-state index in [1.165, 1.54) is 6.92 Å². The van der Waals surface area contributed by atoms with Crippen LogP contribution in [-0.4, -0.2) is 59.9 Å². The fourth-order valence-electron chi connectivity index (χ4n) is 3.06. The van der Waals surface area contributed by atoms with Crippen molar-refractivity contribution in [3.8, 4) is 0 Å². The van der Waals surface area contributed by atoms with Gasteiger partial charge in [0.1, 0.15) is 12.1 Å². The standard InChI is InChI=1S/C17H33N5O3/c1-11(2)20-13(7-4-5-9-18)17(25)22-10-6-8-14(22)16(24)21-12(3)15(19)23/h11-14,20H,4-10,18H2,1-3H3,(H2,19,23)(H,21,24)/t12-,13+,14+/m1/s1. The van der Waals surface area contributed by atoms with Gasteiger partial charge in [-0.2, -0.15) is 0 Å². The van der Waals surface area contributed by atoms with Crippen molar-refractivity contribution >= 4 is 17.7 Å². The Morgan fingerprint density at radius 2 is 1.88 bits per heavy atom. The number of likely N-dealkylation sites (tertiary alicyclic amines) is 1. The zero-order valence-electron chi connectivity index (χ0n) is 15.6. The second-order valence-corrected chi connectivity index (χ2v) is 6.98. The number of rotatable bonds is 10. The molecule has 8 nitrogen and oxygen atoms in total. The summed E-state index contributed by atoms with van der Waals surface area (Å²) in [6.07, 6.45) is 3.78.